The van der Waals surface area contributed by atoms with Gasteiger partial charge in [-0.25, -0.2) is 4.79 Å². The molecular formula is C53H85ClN14O17. The Hall–Kier alpha value is -7.39. The highest BCUT2D eigenvalue weighted by atomic mass is 35.5. The minimum Gasteiger partial charge on any atom is -0.479 e. The minimum atomic E-state index is -2.89. The number of aliphatic hydroxyl groups excluding tert-OH is 5. The Kier molecular flexibility index (Phi) is 34.1. The number of nitrogens with one attached hydrogen (secondary N) is 8. The lowest BCUT2D eigenvalue weighted by Crippen LogP contribution is -2.66. The van der Waals surface area contributed by atoms with Crippen molar-refractivity contribution in [2.45, 2.75) is 170 Å². The average molecular weight is 1230 g/mol. The minimum absolute atomic E-state index is 0.0162. The quantitative estimate of drug-likeness (QED) is 0.0135. The molecule has 1 aromatic rings. The number of carboxylic acids is 1. The van der Waals surface area contributed by atoms with Crippen LogP contribution >= 0.6 is 11.6 Å². The standard InChI is InChI=1S/C53H85ClN14O17/c1-3-5-6-7-8-9-13-17-30(71)25-39(73)68-37(28-70)49(81)65-36(27-69)48(80)63-34(20-22-56)46(78)62-33(19-21-55)45(77)61-32(18-14-23-59-53(57)58)44(76)64-35(24-29-15-11-10-12-16-29)47(79)60-31(4-2)43(75)67-41(42(74)52(84)85)50(82)66-40(51(68)83)38(72)26-54/h4,10-12,15-16,30,32-38,40-42,69-72,74H,3,5-9,13-14,17-28,55-56H2,1-2H3,(H,60,79)(H,61,77)(H,62,78)(H,63,80)(H,64,76)(H,65,81)(H,66,82)(H,67,75)(H,84,85)(H4,57,58,59)/b31-4-/t30?,32-,33+,34-,35-,36+,37-,38?,40-,41-,42?/m0/s1. The maximum absolute atomic E-state index is 14.8. The Bertz CT molecular complexity index is 2460. The van der Waals surface area contributed by atoms with Crippen LogP contribution in [0.2, 0.25) is 0 Å². The molecule has 1 fully saturated rings. The highest BCUT2D eigenvalue weighted by molar-refractivity contribution is 6.18. The highest BCUT2D eigenvalue weighted by Gasteiger charge is 2.45. The fraction of sp³-hybridized carbons (Fsp3) is 0.623. The largest absolute Gasteiger partial charge is 0.479 e. The van der Waals surface area contributed by atoms with Gasteiger partial charge in [0.25, 0.3) is 11.8 Å². The third-order valence-electron chi connectivity index (χ3n) is 13.4. The molecule has 0 radical (unpaired) electrons. The summed E-state index contributed by atoms with van der Waals surface area (Å²) < 4.78 is 0. The normalized spacial score (nSPS) is 23.8. The number of carboxylic acid groups (broad SMARTS) is 1. The summed E-state index contributed by atoms with van der Waals surface area (Å²) in [5, 5.41) is 82.4. The second-order valence-corrected chi connectivity index (χ2v) is 20.3. The van der Waals surface area contributed by atoms with Crippen LogP contribution in [-0.4, -0.2) is 212 Å². The van der Waals surface area contributed by atoms with E-state index >= 15 is 0 Å². The molecule has 0 bridgehead atoms. The van der Waals surface area contributed by atoms with Crippen LogP contribution in [0.1, 0.15) is 103 Å². The van der Waals surface area contributed by atoms with Crippen LogP contribution in [0.3, 0.4) is 0 Å². The third-order valence-corrected chi connectivity index (χ3v) is 13.7. The number of hydrogen-bond donors (Lipinski definition) is 18. The lowest BCUT2D eigenvalue weighted by atomic mass is 10.0. The van der Waals surface area contributed by atoms with Gasteiger partial charge < -0.3 is 96.1 Å². The van der Waals surface area contributed by atoms with Crippen molar-refractivity contribution in [2.75, 3.05) is 38.7 Å². The zero-order valence-electron chi connectivity index (χ0n) is 47.7. The third kappa shape index (κ3) is 25.0. The summed E-state index contributed by atoms with van der Waals surface area (Å²) >= 11 is 5.98. The molecule has 0 saturated carbocycles. The molecule has 0 aromatic heterocycles. The Balaban J connectivity index is 2.95. The number of halogens is 1. The van der Waals surface area contributed by atoms with Crippen LogP contribution in [0.4, 0.5) is 0 Å². The van der Waals surface area contributed by atoms with E-state index in [1.165, 1.54) is 6.92 Å². The molecule has 0 aliphatic carbocycles. The SMILES string of the molecule is C/C=C1\NC(=O)[C@H](Cc2ccccc2)NC(=O)[C@H](CCCN=C(N)N)NC(=O)[C@@H](CCN)NC(=O)[C@H](CCN)NC(=O)[C@@H](CO)NC(=O)[C@H](CO)N(C(=O)CC(O)CCCCCCCCC)C(=O)[C@H](C(O)CCl)NC(=O)[C@H](C(O)C(=O)O)NC1=O. The van der Waals surface area contributed by atoms with Crippen molar-refractivity contribution in [1.29, 1.82) is 0 Å². The Morgan fingerprint density at radius 2 is 1.19 bits per heavy atom. The van der Waals surface area contributed by atoms with E-state index in [9.17, 15) is 83.4 Å². The smallest absolute Gasteiger partial charge is 0.335 e. The number of benzene rings is 1. The van der Waals surface area contributed by atoms with Crippen LogP contribution < -0.4 is 65.5 Å². The molecule has 31 nitrogen and oxygen atoms in total. The van der Waals surface area contributed by atoms with Crippen LogP contribution in [0, 0.1) is 0 Å². The van der Waals surface area contributed by atoms with Gasteiger partial charge in [0.1, 0.15) is 54.0 Å². The van der Waals surface area contributed by atoms with Gasteiger partial charge in [-0.3, -0.25) is 57.8 Å². The number of nitrogens with two attached hydrogens (primary N) is 4. The number of nitrogens with zero attached hydrogens (tertiary/aromatic N) is 2. The summed E-state index contributed by atoms with van der Waals surface area (Å²) in [6.45, 7) is -0.0921. The summed E-state index contributed by atoms with van der Waals surface area (Å²) in [5.74, 6) is -16.9. The molecule has 1 aliphatic rings. The molecule has 1 heterocycles. The van der Waals surface area contributed by atoms with Crippen molar-refractivity contribution < 1.29 is 83.4 Å². The number of amides is 10. The fourth-order valence-corrected chi connectivity index (χ4v) is 8.84. The van der Waals surface area contributed by atoms with Crippen LogP contribution in [0.5, 0.6) is 0 Å². The first-order valence-corrected chi connectivity index (χ1v) is 28.5. The average Bonchev–Trinajstić information content (AvgIpc) is 3.63. The van der Waals surface area contributed by atoms with Crippen molar-refractivity contribution in [3.05, 3.63) is 47.7 Å². The molecule has 1 aliphatic heterocycles. The number of carbonyl (C=O) groups excluding carboxylic acids is 10. The Morgan fingerprint density at radius 3 is 1.69 bits per heavy atom. The van der Waals surface area contributed by atoms with Gasteiger partial charge in [-0.15, -0.1) is 11.6 Å². The maximum atomic E-state index is 14.8. The number of alkyl halides is 1. The topological polar surface area (TPSA) is 525 Å². The number of carbonyl (C=O) groups is 11. The zero-order valence-corrected chi connectivity index (χ0v) is 48.5. The van der Waals surface area contributed by atoms with Gasteiger partial charge >= 0.3 is 5.97 Å². The monoisotopic (exact) mass is 1220 g/mol. The molecule has 2 rings (SSSR count). The number of imide groups is 1. The lowest BCUT2D eigenvalue weighted by Gasteiger charge is -2.34. The van der Waals surface area contributed by atoms with Gasteiger partial charge in [0.2, 0.25) is 47.3 Å². The van der Waals surface area contributed by atoms with Gasteiger partial charge in [0.15, 0.2) is 12.1 Å². The van der Waals surface area contributed by atoms with Crippen LogP contribution in [0.25, 0.3) is 0 Å². The van der Waals surface area contributed by atoms with Crippen molar-refractivity contribution in [1.82, 2.24) is 47.4 Å². The molecule has 10 amide bonds. The molecule has 476 valence electrons. The Morgan fingerprint density at radius 1 is 0.659 bits per heavy atom. The summed E-state index contributed by atoms with van der Waals surface area (Å²) in [5.41, 5.74) is 22.4. The number of aliphatic carboxylic acids is 1. The molecule has 1 saturated heterocycles. The van der Waals surface area contributed by atoms with E-state index in [-0.39, 0.29) is 69.0 Å². The fourth-order valence-electron chi connectivity index (χ4n) is 8.66. The van der Waals surface area contributed by atoms with Crippen LogP contribution in [-0.2, 0) is 59.2 Å². The lowest BCUT2D eigenvalue weighted by molar-refractivity contribution is -0.158. The number of allylic oxidation sites excluding steroid dienone is 1. The van der Waals surface area contributed by atoms with Crippen molar-refractivity contribution in [3.63, 3.8) is 0 Å². The van der Waals surface area contributed by atoms with Gasteiger partial charge in [0, 0.05) is 13.0 Å². The summed E-state index contributed by atoms with van der Waals surface area (Å²) in [6, 6.07) is -8.01. The van der Waals surface area contributed by atoms with Gasteiger partial charge in [0.05, 0.1) is 37.7 Å². The molecule has 85 heavy (non-hydrogen) atoms. The Labute approximate surface area is 496 Å². The van der Waals surface area contributed by atoms with E-state index in [0.29, 0.717) is 18.4 Å². The van der Waals surface area contributed by atoms with E-state index < -0.39 is 163 Å². The predicted molar refractivity (Wildman–Crippen MR) is 306 cm³/mol. The summed E-state index contributed by atoms with van der Waals surface area (Å²) in [4.78, 5) is 159. The molecule has 3 unspecified atom stereocenters. The van der Waals surface area contributed by atoms with Crippen molar-refractivity contribution in [3.8, 4) is 0 Å². The first-order chi connectivity index (χ1) is 40.4. The number of aliphatic hydroxyl groups is 5. The number of rotatable bonds is 26. The van der Waals surface area contributed by atoms with E-state index in [0.717, 1.165) is 38.2 Å². The molecular weight excluding hydrogens is 1140 g/mol. The maximum Gasteiger partial charge on any atom is 0.335 e. The van der Waals surface area contributed by atoms with Crippen molar-refractivity contribution in [2.24, 2.45) is 27.9 Å². The number of unbranched alkanes of at least 4 members (excludes halogenated alkanes) is 6. The number of hydrogen-bond acceptors (Lipinski definition) is 19. The molecule has 1 aromatic carbocycles. The molecule has 32 heteroatoms. The van der Waals surface area contributed by atoms with Gasteiger partial charge in [-0.05, 0) is 57.7 Å². The second kappa shape index (κ2) is 39.3. The highest BCUT2D eigenvalue weighted by Crippen LogP contribution is 2.17. The number of aliphatic imine (C=N–C) groups is 1. The first-order valence-electron chi connectivity index (χ1n) is 27.9. The van der Waals surface area contributed by atoms with E-state index in [1.54, 1.807) is 30.3 Å². The first kappa shape index (κ1) is 73.7. The second-order valence-electron chi connectivity index (χ2n) is 20.0. The van der Waals surface area contributed by atoms with E-state index in [1.807, 2.05) is 17.6 Å². The summed E-state index contributed by atoms with van der Waals surface area (Å²) in [6.07, 6.45) is -2.06. The molecule has 0 spiro atoms. The van der Waals surface area contributed by atoms with Crippen LogP contribution in [0.15, 0.2) is 47.1 Å². The predicted octanol–water partition coefficient (Wildman–Crippen LogP) is -5.95. The van der Waals surface area contributed by atoms with Gasteiger partial charge in [-0.2, -0.15) is 0 Å². The van der Waals surface area contributed by atoms with E-state index in [2.05, 4.69) is 36.9 Å². The van der Waals surface area contributed by atoms with E-state index in [4.69, 9.17) is 34.5 Å². The van der Waals surface area contributed by atoms with Crippen molar-refractivity contribution >= 4 is 82.6 Å². The van der Waals surface area contributed by atoms with Gasteiger partial charge in [-0.1, -0.05) is 88.3 Å². The molecule has 11 atom stereocenters. The number of guanidine groups is 1. The molecule has 22 N–H and O–H groups in total. The summed E-state index contributed by atoms with van der Waals surface area (Å²) in [7, 11) is 0. The zero-order chi connectivity index (χ0) is 63.8.